The molecule has 2 nitrogen and oxygen atoms in total. The predicted molar refractivity (Wildman–Crippen MR) is 74.5 cm³/mol. The average Bonchev–Trinajstić information content (AvgIpc) is 2.37. The fourth-order valence-electron chi connectivity index (χ4n) is 1.59. The van der Waals surface area contributed by atoms with Gasteiger partial charge in [0, 0.05) is 6.42 Å². The number of allylic oxidation sites excluding steroid dienone is 1. The van der Waals surface area contributed by atoms with Gasteiger partial charge in [0.15, 0.2) is 0 Å². The van der Waals surface area contributed by atoms with Gasteiger partial charge in [-0.2, -0.15) is 0 Å². The summed E-state index contributed by atoms with van der Waals surface area (Å²) in [6.45, 7) is 5.63. The van der Waals surface area contributed by atoms with E-state index in [9.17, 15) is 4.79 Å². The van der Waals surface area contributed by atoms with Crippen LogP contribution in [0.1, 0.15) is 71.1 Å². The third-order valence-electron chi connectivity index (χ3n) is 2.59. The molecule has 0 aromatic carbocycles. The Morgan fingerprint density at radius 1 is 1.06 bits per heavy atom. The maximum atomic E-state index is 10.2. The number of carboxylic acids is 1. The van der Waals surface area contributed by atoms with E-state index in [1.165, 1.54) is 44.9 Å². The van der Waals surface area contributed by atoms with Crippen molar-refractivity contribution in [1.82, 2.24) is 0 Å². The van der Waals surface area contributed by atoms with E-state index in [1.54, 1.807) is 6.08 Å². The standard InChI is InChI=1S/C12H24O2.C3H5.Co/c1-2-3-4-5-6-7-8-9-10-11-12(13)14;1-3-2;/h2-11H2,1H3,(H,13,14);3H,1-2H2;. The Hall–Kier alpha value is -0.284. The summed E-state index contributed by atoms with van der Waals surface area (Å²) in [4.78, 5) is 10.2. The van der Waals surface area contributed by atoms with Crippen molar-refractivity contribution in [3.63, 3.8) is 0 Å². The summed E-state index contributed by atoms with van der Waals surface area (Å²) in [5.74, 6) is -0.659. The first-order chi connectivity index (χ1) is 8.68. The van der Waals surface area contributed by atoms with Gasteiger partial charge in [-0.25, -0.2) is 0 Å². The van der Waals surface area contributed by atoms with Crippen LogP contribution in [-0.4, -0.2) is 11.1 Å². The molecular formula is C15H29CoO2. The van der Waals surface area contributed by atoms with Gasteiger partial charge in [0.25, 0.3) is 0 Å². The summed E-state index contributed by atoms with van der Waals surface area (Å²) < 4.78 is 0. The van der Waals surface area contributed by atoms with Crippen molar-refractivity contribution in [2.24, 2.45) is 0 Å². The third-order valence-corrected chi connectivity index (χ3v) is 2.89. The second-order valence-electron chi connectivity index (χ2n) is 4.40. The molecule has 0 radical (unpaired) electrons. The summed E-state index contributed by atoms with van der Waals surface area (Å²) in [5, 5.41) is 9.18. The minimum absolute atomic E-state index is 0.343. The van der Waals surface area contributed by atoms with Crippen LogP contribution in [0, 0.1) is 0 Å². The van der Waals surface area contributed by atoms with Gasteiger partial charge in [0.1, 0.15) is 0 Å². The zero-order valence-corrected chi connectivity index (χ0v) is 12.8. The van der Waals surface area contributed by atoms with Gasteiger partial charge in [-0.3, -0.25) is 4.79 Å². The van der Waals surface area contributed by atoms with Crippen LogP contribution in [0.15, 0.2) is 12.7 Å². The van der Waals surface area contributed by atoms with Crippen molar-refractivity contribution in [3.8, 4) is 0 Å². The molecule has 3 heteroatoms. The largest absolute Gasteiger partial charge is 0.481 e. The van der Waals surface area contributed by atoms with E-state index >= 15 is 0 Å². The number of rotatable bonds is 11. The van der Waals surface area contributed by atoms with E-state index in [0.29, 0.717) is 6.42 Å². The Balaban J connectivity index is 0. The molecule has 0 atom stereocenters. The van der Waals surface area contributed by atoms with Gasteiger partial charge in [0.05, 0.1) is 0 Å². The van der Waals surface area contributed by atoms with E-state index in [1.807, 2.05) is 0 Å². The average molecular weight is 300 g/mol. The first kappa shape index (κ1) is 20.0. The Morgan fingerprint density at radius 3 is 1.78 bits per heavy atom. The molecule has 0 rings (SSSR count). The number of carboxylic acid groups (broad SMARTS) is 1. The summed E-state index contributed by atoms with van der Waals surface area (Å²) in [6, 6.07) is 0. The van der Waals surface area contributed by atoms with Crippen LogP contribution < -0.4 is 0 Å². The van der Waals surface area contributed by atoms with E-state index in [-0.39, 0.29) is 0 Å². The summed E-state index contributed by atoms with van der Waals surface area (Å²) >= 11 is 3.84. The SMILES string of the molecule is C=C[CH2][Co].CCCCCCCCCCCC(=O)O. The maximum absolute atomic E-state index is 10.2. The molecule has 0 amide bonds. The first-order valence-corrected chi connectivity index (χ1v) is 7.78. The summed E-state index contributed by atoms with van der Waals surface area (Å²) in [6.07, 6.45) is 13.2. The molecule has 0 aromatic rings. The molecule has 0 fully saturated rings. The summed E-state index contributed by atoms with van der Waals surface area (Å²) in [5.41, 5.74) is 0. The van der Waals surface area contributed by atoms with Crippen LogP contribution in [0.4, 0.5) is 0 Å². The third kappa shape index (κ3) is 24.8. The van der Waals surface area contributed by atoms with Crippen molar-refractivity contribution in [3.05, 3.63) is 12.7 Å². The molecule has 1 N–H and O–H groups in total. The number of aliphatic carboxylic acids is 1. The first-order valence-electron chi connectivity index (χ1n) is 7.04. The van der Waals surface area contributed by atoms with Gasteiger partial charge in [-0.15, -0.1) is 0 Å². The molecule has 0 aliphatic carbocycles. The fourth-order valence-corrected chi connectivity index (χ4v) is 1.59. The Morgan fingerprint density at radius 2 is 1.44 bits per heavy atom. The van der Waals surface area contributed by atoms with E-state index in [2.05, 4.69) is 29.2 Å². The van der Waals surface area contributed by atoms with E-state index in [4.69, 9.17) is 5.11 Å². The van der Waals surface area contributed by atoms with Gasteiger partial charge >= 0.3 is 39.7 Å². The molecule has 0 saturated carbocycles. The minimum Gasteiger partial charge on any atom is -0.481 e. The quantitative estimate of drug-likeness (QED) is 0.424. The molecule has 0 aromatic heterocycles. The Kier molecular flexibility index (Phi) is 21.2. The van der Waals surface area contributed by atoms with Crippen molar-refractivity contribution < 1.29 is 25.6 Å². The van der Waals surface area contributed by atoms with Gasteiger partial charge < -0.3 is 5.11 Å². The molecular weight excluding hydrogens is 271 g/mol. The Labute approximate surface area is 121 Å². The van der Waals surface area contributed by atoms with Crippen molar-refractivity contribution >= 4 is 5.97 Å². The van der Waals surface area contributed by atoms with Gasteiger partial charge in [-0.05, 0) is 6.42 Å². The molecule has 0 spiro atoms. The second kappa shape index (κ2) is 19.1. The minimum atomic E-state index is -0.659. The molecule has 0 aliphatic heterocycles. The van der Waals surface area contributed by atoms with Crippen molar-refractivity contribution in [1.29, 1.82) is 0 Å². The Bertz CT molecular complexity index is 181. The predicted octanol–water partition coefficient (Wildman–Crippen LogP) is 5.13. The van der Waals surface area contributed by atoms with Crippen LogP contribution in [0.5, 0.6) is 0 Å². The number of hydrogen-bond acceptors (Lipinski definition) is 1. The molecule has 18 heavy (non-hydrogen) atoms. The van der Waals surface area contributed by atoms with Crippen LogP contribution in [0.2, 0.25) is 5.36 Å². The normalized spacial score (nSPS) is 9.50. The fraction of sp³-hybridized carbons (Fsp3) is 0.800. The van der Waals surface area contributed by atoms with E-state index < -0.39 is 5.97 Å². The molecule has 110 valence electrons. The van der Waals surface area contributed by atoms with Crippen molar-refractivity contribution in [2.75, 3.05) is 0 Å². The molecule has 0 heterocycles. The molecule has 0 unspecified atom stereocenters. The van der Waals surface area contributed by atoms with Crippen molar-refractivity contribution in [2.45, 2.75) is 76.5 Å². The molecule has 0 bridgehead atoms. The second-order valence-corrected chi connectivity index (χ2v) is 4.82. The zero-order valence-electron chi connectivity index (χ0n) is 11.8. The topological polar surface area (TPSA) is 37.3 Å². The molecule has 0 saturated heterocycles. The number of carbonyl (C=O) groups is 1. The molecule has 0 aliphatic rings. The van der Waals surface area contributed by atoms with Crippen LogP contribution in [0.25, 0.3) is 0 Å². The monoisotopic (exact) mass is 300 g/mol. The maximum Gasteiger partial charge on any atom is 0.303 e. The van der Waals surface area contributed by atoms with E-state index in [0.717, 1.165) is 18.2 Å². The number of unbranched alkanes of at least 4 members (excludes halogenated alkanes) is 8. The smallest absolute Gasteiger partial charge is 0.303 e. The zero-order chi connectivity index (χ0) is 14.1. The van der Waals surface area contributed by atoms with Gasteiger partial charge in [-0.1, -0.05) is 58.3 Å². The van der Waals surface area contributed by atoms with Crippen LogP contribution in [-0.2, 0) is 20.5 Å². The summed E-state index contributed by atoms with van der Waals surface area (Å²) in [7, 11) is 0. The van der Waals surface area contributed by atoms with Crippen LogP contribution >= 0.6 is 0 Å². The number of hydrogen-bond donors (Lipinski definition) is 1. The van der Waals surface area contributed by atoms with Crippen LogP contribution in [0.3, 0.4) is 0 Å². The van der Waals surface area contributed by atoms with Gasteiger partial charge in [0.2, 0.25) is 0 Å².